The van der Waals surface area contributed by atoms with Crippen molar-refractivity contribution in [2.24, 2.45) is 5.73 Å². The van der Waals surface area contributed by atoms with Gasteiger partial charge in [-0.05, 0) is 6.42 Å². The number of hydrogen-bond donors (Lipinski definition) is 1. The fourth-order valence-electron chi connectivity index (χ4n) is 0.780. The third-order valence-corrected chi connectivity index (χ3v) is 1.22. The number of hydrogen-bond acceptors (Lipinski definition) is 3. The predicted molar refractivity (Wildman–Crippen MR) is 29.4 cm³/mol. The lowest BCUT2D eigenvalue weighted by Crippen LogP contribution is -2.17. The van der Waals surface area contributed by atoms with Crippen LogP contribution in [0, 0.1) is 0 Å². The Hall–Kier alpha value is -0.120. The van der Waals surface area contributed by atoms with Crippen LogP contribution in [0.2, 0.25) is 0 Å². The third kappa shape index (κ3) is 1.43. The highest BCUT2D eigenvalue weighted by molar-refractivity contribution is 4.61. The number of ether oxygens (including phenoxy) is 2. The highest BCUT2D eigenvalue weighted by Crippen LogP contribution is 2.06. The van der Waals surface area contributed by atoms with Gasteiger partial charge in [-0.1, -0.05) is 0 Å². The summed E-state index contributed by atoms with van der Waals surface area (Å²) in [6.45, 7) is 1.86. The van der Waals surface area contributed by atoms with Crippen molar-refractivity contribution < 1.29 is 9.47 Å². The van der Waals surface area contributed by atoms with E-state index in [-0.39, 0.29) is 6.10 Å². The third-order valence-electron chi connectivity index (χ3n) is 1.22. The second kappa shape index (κ2) is 3.02. The van der Waals surface area contributed by atoms with Crippen LogP contribution in [-0.2, 0) is 9.47 Å². The topological polar surface area (TPSA) is 44.5 Å². The largest absolute Gasteiger partial charge is 0.379 e. The molecule has 0 spiro atoms. The van der Waals surface area contributed by atoms with Crippen LogP contribution in [0.25, 0.3) is 0 Å². The van der Waals surface area contributed by atoms with E-state index in [0.29, 0.717) is 6.73 Å². The average Bonchev–Trinajstić information content (AvgIpc) is 2.19. The average molecular weight is 117 g/mol. The molecule has 0 aliphatic carbocycles. The summed E-state index contributed by atoms with van der Waals surface area (Å²) < 4.78 is 10.1. The van der Waals surface area contributed by atoms with E-state index < -0.39 is 0 Å². The molecule has 1 saturated heterocycles. The van der Waals surface area contributed by atoms with Gasteiger partial charge in [0.1, 0.15) is 0 Å². The minimum absolute atomic E-state index is 0.264. The van der Waals surface area contributed by atoms with Gasteiger partial charge in [-0.15, -0.1) is 0 Å². The fraction of sp³-hybridized carbons (Fsp3) is 1.00. The summed E-state index contributed by atoms with van der Waals surface area (Å²) in [5.74, 6) is 0. The Morgan fingerprint density at radius 2 is 2.62 bits per heavy atom. The van der Waals surface area contributed by atoms with E-state index >= 15 is 0 Å². The SMILES string of the molecule is NCOC1CCOC1. The van der Waals surface area contributed by atoms with Gasteiger partial charge in [0.15, 0.2) is 0 Å². The van der Waals surface area contributed by atoms with E-state index in [9.17, 15) is 0 Å². The Morgan fingerprint density at radius 1 is 1.75 bits per heavy atom. The molecule has 1 atom stereocenters. The molecule has 0 aromatic carbocycles. The highest BCUT2D eigenvalue weighted by Gasteiger charge is 2.14. The van der Waals surface area contributed by atoms with E-state index in [1.54, 1.807) is 0 Å². The zero-order chi connectivity index (χ0) is 5.82. The molecular weight excluding hydrogens is 106 g/mol. The van der Waals surface area contributed by atoms with Gasteiger partial charge in [0.2, 0.25) is 0 Å². The quantitative estimate of drug-likeness (QED) is 0.505. The zero-order valence-electron chi connectivity index (χ0n) is 4.80. The summed E-state index contributed by atoms with van der Waals surface area (Å²) in [6.07, 6.45) is 1.26. The van der Waals surface area contributed by atoms with Crippen molar-refractivity contribution >= 4 is 0 Å². The lowest BCUT2D eigenvalue weighted by Gasteiger charge is -2.04. The van der Waals surface area contributed by atoms with Crippen LogP contribution in [-0.4, -0.2) is 26.0 Å². The van der Waals surface area contributed by atoms with Gasteiger partial charge in [-0.2, -0.15) is 0 Å². The fourth-order valence-corrected chi connectivity index (χ4v) is 0.780. The first-order valence-corrected chi connectivity index (χ1v) is 2.83. The molecule has 8 heavy (non-hydrogen) atoms. The summed E-state index contributed by atoms with van der Waals surface area (Å²) in [5, 5.41) is 0. The molecule has 0 bridgehead atoms. The van der Waals surface area contributed by atoms with E-state index in [1.807, 2.05) is 0 Å². The van der Waals surface area contributed by atoms with Gasteiger partial charge < -0.3 is 15.2 Å². The highest BCUT2D eigenvalue weighted by atomic mass is 16.5. The second-order valence-electron chi connectivity index (χ2n) is 1.82. The van der Waals surface area contributed by atoms with Crippen molar-refractivity contribution in [3.05, 3.63) is 0 Å². The van der Waals surface area contributed by atoms with E-state index in [2.05, 4.69) is 0 Å². The van der Waals surface area contributed by atoms with Crippen LogP contribution >= 0.6 is 0 Å². The maximum atomic E-state index is 5.13. The zero-order valence-corrected chi connectivity index (χ0v) is 4.80. The van der Waals surface area contributed by atoms with E-state index in [0.717, 1.165) is 19.6 Å². The lowest BCUT2D eigenvalue weighted by molar-refractivity contribution is 0.0468. The van der Waals surface area contributed by atoms with Crippen molar-refractivity contribution in [2.45, 2.75) is 12.5 Å². The van der Waals surface area contributed by atoms with Gasteiger partial charge in [0, 0.05) is 6.61 Å². The normalized spacial score (nSPS) is 28.9. The van der Waals surface area contributed by atoms with Gasteiger partial charge >= 0.3 is 0 Å². The van der Waals surface area contributed by atoms with Crippen molar-refractivity contribution in [2.75, 3.05) is 19.9 Å². The maximum Gasteiger partial charge on any atom is 0.0945 e. The molecule has 2 N–H and O–H groups in total. The summed E-state index contributed by atoms with van der Waals surface area (Å²) in [6, 6.07) is 0. The Kier molecular flexibility index (Phi) is 2.27. The molecule has 3 nitrogen and oxygen atoms in total. The second-order valence-corrected chi connectivity index (χ2v) is 1.82. The monoisotopic (exact) mass is 117 g/mol. The lowest BCUT2D eigenvalue weighted by atomic mass is 10.3. The molecule has 0 amide bonds. The summed E-state index contributed by atoms with van der Waals surface area (Å²) in [5.41, 5.74) is 5.13. The Balaban J connectivity index is 2.06. The van der Waals surface area contributed by atoms with Crippen molar-refractivity contribution in [3.8, 4) is 0 Å². The van der Waals surface area contributed by atoms with Gasteiger partial charge in [-0.3, -0.25) is 0 Å². The molecule has 48 valence electrons. The Morgan fingerprint density at radius 3 is 3.12 bits per heavy atom. The molecule has 1 aliphatic rings. The molecule has 0 aromatic heterocycles. The first-order chi connectivity index (χ1) is 3.93. The van der Waals surface area contributed by atoms with Crippen LogP contribution in [0.5, 0.6) is 0 Å². The van der Waals surface area contributed by atoms with Crippen LogP contribution in [0.1, 0.15) is 6.42 Å². The summed E-state index contributed by atoms with van der Waals surface area (Å²) in [4.78, 5) is 0. The summed E-state index contributed by atoms with van der Waals surface area (Å²) in [7, 11) is 0. The minimum Gasteiger partial charge on any atom is -0.379 e. The molecule has 0 saturated carbocycles. The molecule has 0 radical (unpaired) electrons. The molecule has 1 aliphatic heterocycles. The molecule has 3 heteroatoms. The minimum atomic E-state index is 0.264. The van der Waals surface area contributed by atoms with Crippen LogP contribution < -0.4 is 5.73 Å². The number of nitrogens with two attached hydrogens (primary N) is 1. The Labute approximate surface area is 48.8 Å². The predicted octanol–water partition coefficient (Wildman–Crippen LogP) is -0.292. The molecule has 1 unspecified atom stereocenters. The smallest absolute Gasteiger partial charge is 0.0945 e. The summed E-state index contributed by atoms with van der Waals surface area (Å²) >= 11 is 0. The van der Waals surface area contributed by atoms with Crippen LogP contribution in [0.4, 0.5) is 0 Å². The van der Waals surface area contributed by atoms with Gasteiger partial charge in [0.25, 0.3) is 0 Å². The van der Waals surface area contributed by atoms with Crippen molar-refractivity contribution in [1.82, 2.24) is 0 Å². The molecule has 0 aromatic rings. The van der Waals surface area contributed by atoms with E-state index in [4.69, 9.17) is 15.2 Å². The number of rotatable bonds is 2. The standard InChI is InChI=1S/C5H11NO2/c6-4-8-5-1-2-7-3-5/h5H,1-4,6H2. The maximum absolute atomic E-state index is 5.13. The molecule has 1 rings (SSSR count). The molecule has 1 heterocycles. The first-order valence-electron chi connectivity index (χ1n) is 2.83. The van der Waals surface area contributed by atoms with Crippen molar-refractivity contribution in [3.63, 3.8) is 0 Å². The first kappa shape index (κ1) is 6.01. The molecular formula is C5H11NO2. The molecule has 1 fully saturated rings. The van der Waals surface area contributed by atoms with Crippen LogP contribution in [0.15, 0.2) is 0 Å². The van der Waals surface area contributed by atoms with Gasteiger partial charge in [0.05, 0.1) is 19.4 Å². The van der Waals surface area contributed by atoms with Gasteiger partial charge in [-0.25, -0.2) is 0 Å². The van der Waals surface area contributed by atoms with Crippen LogP contribution in [0.3, 0.4) is 0 Å². The van der Waals surface area contributed by atoms with E-state index in [1.165, 1.54) is 0 Å². The van der Waals surface area contributed by atoms with Crippen molar-refractivity contribution in [1.29, 1.82) is 0 Å². The Bertz CT molecular complexity index is 61.4.